The topological polar surface area (TPSA) is 125 Å². The summed E-state index contributed by atoms with van der Waals surface area (Å²) in [6.45, 7) is 6.92. The number of nitrogens with one attached hydrogen (secondary N) is 2. The molecule has 10 nitrogen and oxygen atoms in total. The van der Waals surface area contributed by atoms with Crippen LogP contribution in [-0.2, 0) is 9.59 Å². The van der Waals surface area contributed by atoms with Gasteiger partial charge in [-0.05, 0) is 93.1 Å². The minimum atomic E-state index is -0.943. The highest BCUT2D eigenvalue weighted by molar-refractivity contribution is 6.39. The number of amides is 2. The second-order valence-electron chi connectivity index (χ2n) is 7.60. The minimum Gasteiger partial charge on any atom is -0.494 e. The Balaban J connectivity index is 1.59. The van der Waals surface area contributed by atoms with E-state index in [1.54, 1.807) is 73.7 Å². The number of anilines is 1. The number of esters is 1. The van der Waals surface area contributed by atoms with E-state index < -0.39 is 17.8 Å². The molecule has 198 valence electrons. The van der Waals surface area contributed by atoms with Crippen molar-refractivity contribution >= 4 is 29.7 Å². The van der Waals surface area contributed by atoms with Crippen LogP contribution in [0, 0.1) is 0 Å². The smallest absolute Gasteiger partial charge is 0.343 e. The fourth-order valence-electron chi connectivity index (χ4n) is 3.18. The molecule has 2 amide bonds. The van der Waals surface area contributed by atoms with Crippen molar-refractivity contribution in [2.75, 3.05) is 25.1 Å². The van der Waals surface area contributed by atoms with Crippen molar-refractivity contribution in [1.82, 2.24) is 5.43 Å². The highest BCUT2D eigenvalue weighted by Gasteiger charge is 2.15. The van der Waals surface area contributed by atoms with Gasteiger partial charge in [-0.25, -0.2) is 10.2 Å². The number of hydrogen-bond donors (Lipinski definition) is 2. The fourth-order valence-corrected chi connectivity index (χ4v) is 3.18. The summed E-state index contributed by atoms with van der Waals surface area (Å²) in [5.41, 5.74) is 3.51. The zero-order valence-corrected chi connectivity index (χ0v) is 21.4. The summed E-state index contributed by atoms with van der Waals surface area (Å²) in [5, 5.41) is 6.30. The van der Waals surface area contributed by atoms with Crippen molar-refractivity contribution in [2.24, 2.45) is 5.10 Å². The number of rotatable bonds is 11. The molecule has 0 unspecified atom stereocenters. The monoisotopic (exact) mass is 519 g/mol. The molecule has 0 saturated carbocycles. The fraction of sp³-hybridized carbons (Fsp3) is 0.214. The van der Waals surface area contributed by atoms with E-state index in [-0.39, 0.29) is 5.75 Å². The quantitative estimate of drug-likeness (QED) is 0.128. The lowest BCUT2D eigenvalue weighted by atomic mass is 10.2. The molecule has 38 heavy (non-hydrogen) atoms. The second-order valence-corrected chi connectivity index (χ2v) is 7.60. The molecule has 3 aromatic rings. The van der Waals surface area contributed by atoms with Crippen molar-refractivity contribution in [3.8, 4) is 23.0 Å². The lowest BCUT2D eigenvalue weighted by Gasteiger charge is -2.11. The number of hydrogen-bond acceptors (Lipinski definition) is 8. The molecule has 0 radical (unpaired) electrons. The number of ether oxygens (including phenoxy) is 4. The van der Waals surface area contributed by atoms with E-state index in [0.717, 1.165) is 0 Å². The Morgan fingerprint density at radius 2 is 1.34 bits per heavy atom. The van der Waals surface area contributed by atoms with Gasteiger partial charge in [0.25, 0.3) is 0 Å². The van der Waals surface area contributed by atoms with E-state index in [0.29, 0.717) is 53.9 Å². The maximum atomic E-state index is 12.6. The van der Waals surface area contributed by atoms with Gasteiger partial charge in [-0.15, -0.1) is 0 Å². The molecule has 10 heteroatoms. The predicted molar refractivity (Wildman–Crippen MR) is 142 cm³/mol. The maximum absolute atomic E-state index is 12.6. The number of hydrazone groups is 1. The van der Waals surface area contributed by atoms with Gasteiger partial charge in [0.1, 0.15) is 11.5 Å². The Labute approximate surface area is 220 Å². The largest absolute Gasteiger partial charge is 0.494 e. The summed E-state index contributed by atoms with van der Waals surface area (Å²) in [5.74, 6) is -0.525. The third kappa shape index (κ3) is 8.09. The van der Waals surface area contributed by atoms with Crippen LogP contribution in [0.1, 0.15) is 36.7 Å². The van der Waals surface area contributed by atoms with E-state index in [1.165, 1.54) is 6.21 Å². The van der Waals surface area contributed by atoms with E-state index in [9.17, 15) is 14.4 Å². The van der Waals surface area contributed by atoms with Gasteiger partial charge in [0.2, 0.25) is 0 Å². The average molecular weight is 520 g/mol. The molecular formula is C28H29N3O7. The van der Waals surface area contributed by atoms with Crippen molar-refractivity contribution < 1.29 is 33.3 Å². The molecule has 0 aliphatic rings. The Morgan fingerprint density at radius 3 is 1.95 bits per heavy atom. The molecule has 3 aromatic carbocycles. The number of carbonyl (C=O) groups excluding carboxylic acids is 3. The number of nitrogens with zero attached hydrogens (tertiary/aromatic N) is 1. The van der Waals surface area contributed by atoms with Gasteiger partial charge in [0.05, 0.1) is 31.6 Å². The van der Waals surface area contributed by atoms with Crippen LogP contribution in [-0.4, -0.2) is 43.8 Å². The van der Waals surface area contributed by atoms with Crippen LogP contribution in [0.5, 0.6) is 23.0 Å². The second kappa shape index (κ2) is 14.0. The molecule has 3 rings (SSSR count). The Morgan fingerprint density at radius 1 is 0.737 bits per heavy atom. The lowest BCUT2D eigenvalue weighted by Crippen LogP contribution is -2.32. The van der Waals surface area contributed by atoms with Crippen LogP contribution in [0.15, 0.2) is 71.8 Å². The summed E-state index contributed by atoms with van der Waals surface area (Å²) < 4.78 is 21.8. The first kappa shape index (κ1) is 27.7. The third-order valence-electron chi connectivity index (χ3n) is 4.88. The van der Waals surface area contributed by atoms with E-state index in [1.807, 2.05) is 13.8 Å². The SMILES string of the molecule is CCOc1ccc(NC(=O)C(=O)NN=Cc2ccc(OC(=O)c3ccc(OCC)cc3)c(OCC)c2)cc1. The maximum Gasteiger partial charge on any atom is 0.343 e. The molecule has 0 atom stereocenters. The highest BCUT2D eigenvalue weighted by Crippen LogP contribution is 2.29. The number of benzene rings is 3. The van der Waals surface area contributed by atoms with Crippen molar-refractivity contribution in [3.05, 3.63) is 77.9 Å². The normalized spacial score (nSPS) is 10.5. The summed E-state index contributed by atoms with van der Waals surface area (Å²) >= 11 is 0. The third-order valence-corrected chi connectivity index (χ3v) is 4.88. The first-order valence-electron chi connectivity index (χ1n) is 12.0. The summed E-state index contributed by atoms with van der Waals surface area (Å²) in [6, 6.07) is 18.0. The zero-order chi connectivity index (χ0) is 27.3. The molecule has 0 aliphatic carbocycles. The molecule has 0 saturated heterocycles. The van der Waals surface area contributed by atoms with Gasteiger partial charge >= 0.3 is 17.8 Å². The van der Waals surface area contributed by atoms with Crippen LogP contribution in [0.3, 0.4) is 0 Å². The first-order chi connectivity index (χ1) is 18.4. The molecule has 0 aromatic heterocycles. The van der Waals surface area contributed by atoms with E-state index in [4.69, 9.17) is 18.9 Å². The molecule has 0 aliphatic heterocycles. The average Bonchev–Trinajstić information content (AvgIpc) is 2.92. The van der Waals surface area contributed by atoms with Gasteiger partial charge in [0, 0.05) is 5.69 Å². The summed E-state index contributed by atoms with van der Waals surface area (Å²) in [4.78, 5) is 36.8. The van der Waals surface area contributed by atoms with Crippen molar-refractivity contribution in [3.63, 3.8) is 0 Å². The van der Waals surface area contributed by atoms with Crippen molar-refractivity contribution in [2.45, 2.75) is 20.8 Å². The van der Waals surface area contributed by atoms with Crippen LogP contribution >= 0.6 is 0 Å². The lowest BCUT2D eigenvalue weighted by molar-refractivity contribution is -0.136. The standard InChI is InChI=1S/C28H29N3O7/c1-4-35-22-12-8-20(9-13-22)28(34)38-24-16-7-19(17-25(24)37-6-3)18-29-31-27(33)26(32)30-21-10-14-23(15-11-21)36-5-2/h7-18H,4-6H2,1-3H3,(H,30,32)(H,31,33). The van der Waals surface area contributed by atoms with Gasteiger partial charge in [0.15, 0.2) is 11.5 Å². The summed E-state index contributed by atoms with van der Waals surface area (Å²) in [6.07, 6.45) is 1.34. The highest BCUT2D eigenvalue weighted by atomic mass is 16.6. The van der Waals surface area contributed by atoms with E-state index in [2.05, 4.69) is 15.8 Å². The predicted octanol–water partition coefficient (Wildman–Crippen LogP) is 4.19. The molecule has 0 fully saturated rings. The van der Waals surface area contributed by atoms with Gasteiger partial charge < -0.3 is 24.3 Å². The van der Waals surface area contributed by atoms with Gasteiger partial charge in [-0.1, -0.05) is 0 Å². The Bertz CT molecular complexity index is 1270. The Hall–Kier alpha value is -4.86. The molecule has 0 bridgehead atoms. The van der Waals surface area contributed by atoms with Crippen molar-refractivity contribution in [1.29, 1.82) is 0 Å². The Kier molecular flexibility index (Phi) is 10.2. The molecular weight excluding hydrogens is 490 g/mol. The van der Waals surface area contributed by atoms with Crippen LogP contribution < -0.4 is 29.7 Å². The van der Waals surface area contributed by atoms with Crippen LogP contribution in [0.2, 0.25) is 0 Å². The van der Waals surface area contributed by atoms with Gasteiger partial charge in [-0.2, -0.15) is 5.10 Å². The molecule has 0 spiro atoms. The zero-order valence-electron chi connectivity index (χ0n) is 21.4. The summed E-state index contributed by atoms with van der Waals surface area (Å²) in [7, 11) is 0. The van der Waals surface area contributed by atoms with Gasteiger partial charge in [-0.3, -0.25) is 9.59 Å². The molecule has 2 N–H and O–H groups in total. The van der Waals surface area contributed by atoms with E-state index >= 15 is 0 Å². The van der Waals surface area contributed by atoms with Crippen LogP contribution in [0.4, 0.5) is 5.69 Å². The first-order valence-corrected chi connectivity index (χ1v) is 12.0. The minimum absolute atomic E-state index is 0.224. The van der Waals surface area contributed by atoms with Crippen LogP contribution in [0.25, 0.3) is 0 Å². The number of carbonyl (C=O) groups is 3. The molecule has 0 heterocycles.